The van der Waals surface area contributed by atoms with Gasteiger partial charge in [-0.3, -0.25) is 4.79 Å². The zero-order chi connectivity index (χ0) is 36.1. The third-order valence-electron chi connectivity index (χ3n) is 8.29. The molecule has 1 atom stereocenters. The molecule has 50 heavy (non-hydrogen) atoms. The number of rotatable bonds is 20. The molecule has 0 bridgehead atoms. The van der Waals surface area contributed by atoms with Gasteiger partial charge in [0.1, 0.15) is 6.61 Å². The van der Waals surface area contributed by atoms with Crippen molar-refractivity contribution in [3.05, 3.63) is 70.4 Å². The fourth-order valence-corrected chi connectivity index (χ4v) is 8.42. The summed E-state index contributed by atoms with van der Waals surface area (Å²) >= 11 is 6.42. The van der Waals surface area contributed by atoms with E-state index in [0.29, 0.717) is 81.2 Å². The Morgan fingerprint density at radius 2 is 1.82 bits per heavy atom. The average molecular weight is 744 g/mol. The van der Waals surface area contributed by atoms with E-state index in [4.69, 9.17) is 41.7 Å². The molecule has 0 fully saturated rings. The lowest BCUT2D eigenvalue weighted by Crippen LogP contribution is -2.38. The second-order valence-electron chi connectivity index (χ2n) is 12.5. The van der Waals surface area contributed by atoms with Crippen LogP contribution in [0.25, 0.3) is 0 Å². The Balaban J connectivity index is 1.54. The number of methoxy groups -OCH3 is 2. The highest BCUT2D eigenvalue weighted by Gasteiger charge is 2.38. The molecule has 0 aromatic heterocycles. The Hall–Kier alpha value is -2.98. The molecular weight excluding hydrogens is 694 g/mol. The Morgan fingerprint density at radius 3 is 2.50 bits per heavy atom. The number of amides is 1. The number of hydrogen-bond acceptors (Lipinski definition) is 10. The minimum atomic E-state index is -0.122. The lowest BCUT2D eigenvalue weighted by molar-refractivity contribution is 0.0264. The van der Waals surface area contributed by atoms with E-state index >= 15 is 0 Å². The van der Waals surface area contributed by atoms with Crippen LogP contribution in [0.15, 0.2) is 53.8 Å². The lowest BCUT2D eigenvalue weighted by atomic mass is 10.1. The summed E-state index contributed by atoms with van der Waals surface area (Å²) in [4.78, 5) is 18.1. The van der Waals surface area contributed by atoms with Gasteiger partial charge in [-0.1, -0.05) is 39.7 Å². The minimum Gasteiger partial charge on any atom is -0.493 e. The molecule has 2 heterocycles. The molecule has 1 N–H and O–H groups in total. The quantitative estimate of drug-likeness (QED) is 0.0642. The van der Waals surface area contributed by atoms with Gasteiger partial charge in [-0.25, -0.2) is 0 Å². The van der Waals surface area contributed by atoms with Crippen LogP contribution < -0.4 is 19.7 Å². The predicted molar refractivity (Wildman–Crippen MR) is 208 cm³/mol. The van der Waals surface area contributed by atoms with E-state index in [-0.39, 0.29) is 23.3 Å². The number of carbonyl (C=O) groups excluding carboxylic acids is 1. The van der Waals surface area contributed by atoms with Crippen molar-refractivity contribution in [3.63, 3.8) is 0 Å². The number of benzene rings is 2. The summed E-state index contributed by atoms with van der Waals surface area (Å²) in [5, 5.41) is 3.47. The predicted octanol–water partition coefficient (Wildman–Crippen LogP) is 7.39. The van der Waals surface area contributed by atoms with Crippen LogP contribution >= 0.6 is 33.2 Å². The first-order chi connectivity index (χ1) is 24.2. The van der Waals surface area contributed by atoms with Gasteiger partial charge in [0.05, 0.1) is 63.1 Å². The number of alkyl halides is 1. The number of nitrogens with zero attached hydrogens (tertiary/aromatic N) is 2. The highest BCUT2D eigenvalue weighted by molar-refractivity contribution is 8.77. The number of nitrogens with one attached hydrogen (secondary N) is 1. The molecule has 272 valence electrons. The van der Waals surface area contributed by atoms with E-state index in [1.165, 1.54) is 0 Å². The van der Waals surface area contributed by atoms with E-state index in [1.54, 1.807) is 36.0 Å². The Bertz CT molecular complexity index is 1560. The van der Waals surface area contributed by atoms with Crippen LogP contribution in [-0.4, -0.2) is 94.7 Å². The molecule has 4 rings (SSSR count). The second-order valence-corrected chi connectivity index (χ2v) is 15.9. The number of hydrogen-bond donors (Lipinski definition) is 1. The normalized spacial score (nSPS) is 15.8. The van der Waals surface area contributed by atoms with Crippen molar-refractivity contribution in [1.29, 1.82) is 0 Å². The highest BCUT2D eigenvalue weighted by atomic mass is 35.5. The lowest BCUT2D eigenvalue weighted by Gasteiger charge is -2.34. The molecule has 0 spiro atoms. The summed E-state index contributed by atoms with van der Waals surface area (Å²) in [6.45, 7) is 11.5. The van der Waals surface area contributed by atoms with Gasteiger partial charge < -0.3 is 38.8 Å². The smallest absolute Gasteiger partial charge is 0.260 e. The molecule has 0 saturated heterocycles. The molecule has 12 heteroatoms. The van der Waals surface area contributed by atoms with Crippen LogP contribution in [0.1, 0.15) is 48.7 Å². The van der Waals surface area contributed by atoms with Crippen LogP contribution in [0.2, 0.25) is 0 Å². The third-order valence-corrected chi connectivity index (χ3v) is 11.2. The molecule has 9 nitrogen and oxygen atoms in total. The summed E-state index contributed by atoms with van der Waals surface area (Å²) < 4.78 is 28.7. The molecule has 0 aliphatic carbocycles. The number of carbonyl (C=O) groups is 1. The Labute approximate surface area is 310 Å². The maximum atomic E-state index is 13.9. The topological polar surface area (TPSA) is 81.7 Å². The van der Waals surface area contributed by atoms with E-state index in [1.807, 2.05) is 35.9 Å². The van der Waals surface area contributed by atoms with Gasteiger partial charge in [-0.2, -0.15) is 0 Å². The molecule has 1 amide bonds. The molecule has 0 saturated carbocycles. The van der Waals surface area contributed by atoms with E-state index < -0.39 is 0 Å². The number of terminal acetylenes is 1. The number of halogens is 1. The molecule has 2 aliphatic heterocycles. The molecular formula is C38H50ClN3O6S2. The number of anilines is 2. The second kappa shape index (κ2) is 19.6. The van der Waals surface area contributed by atoms with Crippen molar-refractivity contribution in [2.75, 3.05) is 83.4 Å². The maximum Gasteiger partial charge on any atom is 0.260 e. The number of allylic oxidation sites excluding steroid dienone is 2. The molecule has 0 unspecified atom stereocenters. The first-order valence-corrected chi connectivity index (χ1v) is 19.8. The van der Waals surface area contributed by atoms with Crippen molar-refractivity contribution >= 4 is 50.5 Å². The first-order valence-electron chi connectivity index (χ1n) is 16.7. The van der Waals surface area contributed by atoms with Gasteiger partial charge in [-0.15, -0.1) is 18.0 Å². The van der Waals surface area contributed by atoms with Crippen molar-refractivity contribution < 1.29 is 28.5 Å². The van der Waals surface area contributed by atoms with Crippen LogP contribution in [0, 0.1) is 12.3 Å². The standard InChI is InChI=1S/C38H50ClN3O6S2/c1-8-10-34-29(9-2)20-31-24-40-33-22-36(35(45-6)21-32(33)37(43)42(31)34)48-25-28-17-27(23-39)18-30(19-28)41(26-38(3,4)50-49-7)11-12-46-15-16-47-14-13-44-5/h2,8,10,17-19,21-22,31,40H,11-16,20,23-26H2,1,3-7H3/b10-8-/t31-/m0/s1. The third kappa shape index (κ3) is 10.5. The first kappa shape index (κ1) is 39.8. The number of fused-ring (bicyclic) bond motifs is 2. The fourth-order valence-electron chi connectivity index (χ4n) is 6.09. The van der Waals surface area contributed by atoms with Gasteiger partial charge >= 0.3 is 0 Å². The zero-order valence-electron chi connectivity index (χ0n) is 30.0. The Kier molecular flexibility index (Phi) is 15.6. The Morgan fingerprint density at radius 1 is 1.08 bits per heavy atom. The van der Waals surface area contributed by atoms with Crippen LogP contribution in [-0.2, 0) is 26.7 Å². The molecule has 2 aliphatic rings. The van der Waals surface area contributed by atoms with Crippen molar-refractivity contribution in [2.24, 2.45) is 0 Å². The van der Waals surface area contributed by atoms with E-state index in [0.717, 1.165) is 34.6 Å². The zero-order valence-corrected chi connectivity index (χ0v) is 32.4. The summed E-state index contributed by atoms with van der Waals surface area (Å²) in [7, 11) is 6.85. The van der Waals surface area contributed by atoms with Crippen molar-refractivity contribution in [1.82, 2.24) is 4.90 Å². The van der Waals surface area contributed by atoms with Crippen LogP contribution in [0.3, 0.4) is 0 Å². The van der Waals surface area contributed by atoms with Crippen LogP contribution in [0.4, 0.5) is 11.4 Å². The monoisotopic (exact) mass is 743 g/mol. The summed E-state index contributed by atoms with van der Waals surface area (Å²) in [5.74, 6) is 4.03. The minimum absolute atomic E-state index is 0.0171. The maximum absolute atomic E-state index is 13.9. The molecule has 0 radical (unpaired) electrons. The van der Waals surface area contributed by atoms with Gasteiger partial charge in [0.25, 0.3) is 5.91 Å². The van der Waals surface area contributed by atoms with Gasteiger partial charge in [-0.05, 0) is 62.4 Å². The molecule has 2 aromatic rings. The van der Waals surface area contributed by atoms with Gasteiger partial charge in [0, 0.05) is 61.1 Å². The van der Waals surface area contributed by atoms with Crippen molar-refractivity contribution in [2.45, 2.75) is 50.5 Å². The van der Waals surface area contributed by atoms with Gasteiger partial charge in [0.15, 0.2) is 11.5 Å². The summed E-state index contributed by atoms with van der Waals surface area (Å²) in [6, 6.07) is 9.87. The SMILES string of the molecule is C#CC1=C(/C=C\C)N2C(=O)c3cc(OC)c(OCc4cc(CCl)cc(N(CCOCCOCCOC)CC(C)(C)SSC)c4)cc3NC[C@@H]2C1. The van der Waals surface area contributed by atoms with Crippen LogP contribution in [0.5, 0.6) is 11.5 Å². The fraction of sp³-hybridized carbons (Fsp3) is 0.500. The highest BCUT2D eigenvalue weighted by Crippen LogP contribution is 2.40. The summed E-state index contributed by atoms with van der Waals surface area (Å²) in [6.07, 6.45) is 12.4. The van der Waals surface area contributed by atoms with Gasteiger partial charge in [0.2, 0.25) is 0 Å². The van der Waals surface area contributed by atoms with E-state index in [2.05, 4.69) is 54.4 Å². The van der Waals surface area contributed by atoms with E-state index in [9.17, 15) is 4.79 Å². The number of ether oxygens (including phenoxy) is 5. The molecule has 2 aromatic carbocycles. The average Bonchev–Trinajstić information content (AvgIpc) is 3.40. The largest absolute Gasteiger partial charge is 0.493 e. The van der Waals surface area contributed by atoms with Crippen molar-refractivity contribution in [3.8, 4) is 23.8 Å². The summed E-state index contributed by atoms with van der Waals surface area (Å²) in [5.41, 5.74) is 5.82.